The highest BCUT2D eigenvalue weighted by molar-refractivity contribution is 7.11. The van der Waals surface area contributed by atoms with Crippen LogP contribution in [0.15, 0.2) is 36.0 Å². The lowest BCUT2D eigenvalue weighted by Crippen LogP contribution is -2.32. The summed E-state index contributed by atoms with van der Waals surface area (Å²) in [5, 5.41) is 17.9. The Labute approximate surface area is 127 Å². The second kappa shape index (κ2) is 7.75. The fourth-order valence-electron chi connectivity index (χ4n) is 1.84. The molecule has 0 aliphatic rings. The number of carbonyl (C=O) groups is 1. The van der Waals surface area contributed by atoms with E-state index >= 15 is 0 Å². The molecule has 0 aliphatic carbocycles. The summed E-state index contributed by atoms with van der Waals surface area (Å²) in [6, 6.07) is 3.84. The number of carbonyl (C=O) groups excluding carboxylic acids is 1. The van der Waals surface area contributed by atoms with Crippen molar-refractivity contribution in [1.29, 1.82) is 0 Å². The molecule has 6 heteroatoms. The molecule has 0 aromatic carbocycles. The van der Waals surface area contributed by atoms with Gasteiger partial charge >= 0.3 is 0 Å². The Hall–Kier alpha value is -1.92. The number of aromatic nitrogens is 2. The van der Waals surface area contributed by atoms with Crippen molar-refractivity contribution in [2.24, 2.45) is 0 Å². The van der Waals surface area contributed by atoms with Gasteiger partial charge in [0.15, 0.2) is 0 Å². The zero-order chi connectivity index (χ0) is 15.1. The smallest absolute Gasteiger partial charge is 0.244 e. The molecule has 2 N–H and O–H groups in total. The number of thiophene rings is 1. The van der Waals surface area contributed by atoms with E-state index < -0.39 is 0 Å². The number of rotatable bonds is 7. The normalized spacial score (nSPS) is 12.7. The molecule has 112 valence electrons. The van der Waals surface area contributed by atoms with Gasteiger partial charge in [-0.05, 0) is 42.5 Å². The SMILES string of the molecule is CC(CCn1cccn1)NC(=O)C=Cc1cc(CO)cs1. The lowest BCUT2D eigenvalue weighted by molar-refractivity contribution is -0.117. The van der Waals surface area contributed by atoms with Crippen molar-refractivity contribution in [3.63, 3.8) is 0 Å². The Kier molecular flexibility index (Phi) is 5.71. The molecule has 0 spiro atoms. The molecule has 0 bridgehead atoms. The van der Waals surface area contributed by atoms with Crippen molar-refractivity contribution < 1.29 is 9.90 Å². The minimum Gasteiger partial charge on any atom is -0.392 e. The standard InChI is InChI=1S/C15H19N3O2S/c1-12(5-8-18-7-2-6-16-18)17-15(20)4-3-14-9-13(10-19)11-21-14/h2-4,6-7,9,11-12,19H,5,8,10H2,1H3,(H,17,20). The summed E-state index contributed by atoms with van der Waals surface area (Å²) < 4.78 is 1.85. The Morgan fingerprint density at radius 3 is 3.14 bits per heavy atom. The number of amides is 1. The Bertz CT molecular complexity index is 590. The largest absolute Gasteiger partial charge is 0.392 e. The van der Waals surface area contributed by atoms with Crippen molar-refractivity contribution in [3.05, 3.63) is 46.4 Å². The molecule has 0 aliphatic heterocycles. The van der Waals surface area contributed by atoms with Gasteiger partial charge in [0.2, 0.25) is 5.91 Å². The highest BCUT2D eigenvalue weighted by Crippen LogP contribution is 2.15. The van der Waals surface area contributed by atoms with Gasteiger partial charge in [-0.2, -0.15) is 5.10 Å². The molecule has 1 atom stereocenters. The topological polar surface area (TPSA) is 67.2 Å². The zero-order valence-electron chi connectivity index (χ0n) is 11.9. The second-order valence-electron chi connectivity index (χ2n) is 4.82. The van der Waals surface area contributed by atoms with E-state index in [0.717, 1.165) is 23.4 Å². The van der Waals surface area contributed by atoms with Crippen LogP contribution in [0.25, 0.3) is 6.08 Å². The summed E-state index contributed by atoms with van der Waals surface area (Å²) in [5.74, 6) is -0.109. The summed E-state index contributed by atoms with van der Waals surface area (Å²) in [4.78, 5) is 12.8. The third-order valence-corrected chi connectivity index (χ3v) is 3.94. The highest BCUT2D eigenvalue weighted by atomic mass is 32.1. The van der Waals surface area contributed by atoms with Gasteiger partial charge in [-0.3, -0.25) is 9.48 Å². The predicted octanol–water partition coefficient (Wildman–Crippen LogP) is 2.05. The van der Waals surface area contributed by atoms with Gasteiger partial charge in [0.25, 0.3) is 0 Å². The van der Waals surface area contributed by atoms with E-state index in [0.29, 0.717) is 0 Å². The average Bonchev–Trinajstić information content (AvgIpc) is 3.14. The molecule has 5 nitrogen and oxygen atoms in total. The molecule has 1 amide bonds. The Balaban J connectivity index is 1.75. The third kappa shape index (κ3) is 5.17. The first kappa shape index (κ1) is 15.5. The number of nitrogens with zero attached hydrogens (tertiary/aromatic N) is 2. The lowest BCUT2D eigenvalue weighted by atomic mass is 10.2. The lowest BCUT2D eigenvalue weighted by Gasteiger charge is -2.12. The van der Waals surface area contributed by atoms with E-state index in [1.54, 1.807) is 12.3 Å². The van der Waals surface area contributed by atoms with Gasteiger partial charge in [-0.15, -0.1) is 11.3 Å². The first-order valence-electron chi connectivity index (χ1n) is 6.81. The maximum Gasteiger partial charge on any atom is 0.244 e. The van der Waals surface area contributed by atoms with Crippen LogP contribution in [-0.4, -0.2) is 26.8 Å². The van der Waals surface area contributed by atoms with Gasteiger partial charge in [-0.25, -0.2) is 0 Å². The van der Waals surface area contributed by atoms with E-state index in [1.165, 1.54) is 17.4 Å². The molecule has 0 saturated heterocycles. The monoisotopic (exact) mass is 305 g/mol. The van der Waals surface area contributed by atoms with Gasteiger partial charge in [0.1, 0.15) is 0 Å². The maximum atomic E-state index is 11.8. The van der Waals surface area contributed by atoms with Crippen molar-refractivity contribution in [2.75, 3.05) is 0 Å². The molecule has 2 aromatic rings. The van der Waals surface area contributed by atoms with Crippen LogP contribution in [0.3, 0.4) is 0 Å². The molecule has 2 heterocycles. The van der Waals surface area contributed by atoms with Gasteiger partial charge in [0.05, 0.1) is 6.61 Å². The van der Waals surface area contributed by atoms with Crippen molar-refractivity contribution in [3.8, 4) is 0 Å². The van der Waals surface area contributed by atoms with E-state index in [9.17, 15) is 4.79 Å². The number of aliphatic hydroxyl groups is 1. The summed E-state index contributed by atoms with van der Waals surface area (Å²) in [5.41, 5.74) is 0.868. The molecule has 0 radical (unpaired) electrons. The van der Waals surface area contributed by atoms with Gasteiger partial charge in [0, 0.05) is 35.9 Å². The van der Waals surface area contributed by atoms with Crippen LogP contribution in [0.4, 0.5) is 0 Å². The van der Waals surface area contributed by atoms with E-state index in [1.807, 2.05) is 35.3 Å². The molecule has 21 heavy (non-hydrogen) atoms. The number of aliphatic hydroxyl groups excluding tert-OH is 1. The quantitative estimate of drug-likeness (QED) is 0.769. The fraction of sp³-hybridized carbons (Fsp3) is 0.333. The summed E-state index contributed by atoms with van der Waals surface area (Å²) in [6.45, 7) is 2.79. The Morgan fingerprint density at radius 1 is 1.62 bits per heavy atom. The third-order valence-electron chi connectivity index (χ3n) is 2.99. The molecular formula is C15H19N3O2S. The minimum absolute atomic E-state index is 0.0288. The van der Waals surface area contributed by atoms with Crippen LogP contribution in [0, 0.1) is 0 Å². The molecular weight excluding hydrogens is 286 g/mol. The van der Waals surface area contributed by atoms with Crippen LogP contribution in [-0.2, 0) is 17.9 Å². The van der Waals surface area contributed by atoms with Crippen LogP contribution < -0.4 is 5.32 Å². The van der Waals surface area contributed by atoms with Crippen LogP contribution >= 0.6 is 11.3 Å². The van der Waals surface area contributed by atoms with Crippen molar-refractivity contribution in [1.82, 2.24) is 15.1 Å². The minimum atomic E-state index is -0.109. The fourth-order valence-corrected chi connectivity index (χ4v) is 2.64. The maximum absolute atomic E-state index is 11.8. The second-order valence-corrected chi connectivity index (χ2v) is 5.76. The average molecular weight is 305 g/mol. The number of hydrogen-bond acceptors (Lipinski definition) is 4. The zero-order valence-corrected chi connectivity index (χ0v) is 12.7. The van der Waals surface area contributed by atoms with Crippen LogP contribution in [0.1, 0.15) is 23.8 Å². The molecule has 1 unspecified atom stereocenters. The Morgan fingerprint density at radius 2 is 2.48 bits per heavy atom. The molecule has 0 saturated carbocycles. The van der Waals surface area contributed by atoms with Crippen LogP contribution in [0.5, 0.6) is 0 Å². The summed E-state index contributed by atoms with van der Waals surface area (Å²) in [6.07, 6.45) is 7.77. The predicted molar refractivity (Wildman–Crippen MR) is 83.7 cm³/mol. The number of aryl methyl sites for hydroxylation is 1. The van der Waals surface area contributed by atoms with E-state index in [4.69, 9.17) is 5.11 Å². The first-order chi connectivity index (χ1) is 10.2. The summed E-state index contributed by atoms with van der Waals surface area (Å²) >= 11 is 1.51. The van der Waals surface area contributed by atoms with Crippen molar-refractivity contribution in [2.45, 2.75) is 32.5 Å². The van der Waals surface area contributed by atoms with E-state index in [2.05, 4.69) is 10.4 Å². The summed E-state index contributed by atoms with van der Waals surface area (Å²) in [7, 11) is 0. The van der Waals surface area contributed by atoms with Gasteiger partial charge < -0.3 is 10.4 Å². The van der Waals surface area contributed by atoms with E-state index in [-0.39, 0.29) is 18.6 Å². The molecule has 0 fully saturated rings. The van der Waals surface area contributed by atoms with Gasteiger partial charge in [-0.1, -0.05) is 0 Å². The highest BCUT2D eigenvalue weighted by Gasteiger charge is 2.05. The number of hydrogen-bond donors (Lipinski definition) is 2. The number of nitrogens with one attached hydrogen (secondary N) is 1. The molecule has 2 aromatic heterocycles. The first-order valence-corrected chi connectivity index (χ1v) is 7.69. The van der Waals surface area contributed by atoms with Crippen LogP contribution in [0.2, 0.25) is 0 Å². The van der Waals surface area contributed by atoms with Crippen molar-refractivity contribution >= 4 is 23.3 Å². The molecule has 2 rings (SSSR count).